The summed E-state index contributed by atoms with van der Waals surface area (Å²) in [5.74, 6) is -0.971. The lowest BCUT2D eigenvalue weighted by Crippen LogP contribution is -2.22. The van der Waals surface area contributed by atoms with E-state index in [-0.39, 0.29) is 17.5 Å². The molecule has 0 fully saturated rings. The van der Waals surface area contributed by atoms with Crippen molar-refractivity contribution in [3.05, 3.63) is 108 Å². The molecule has 0 spiro atoms. The van der Waals surface area contributed by atoms with Gasteiger partial charge in [0.15, 0.2) is 0 Å². The van der Waals surface area contributed by atoms with Crippen LogP contribution in [0.25, 0.3) is 5.69 Å². The van der Waals surface area contributed by atoms with Gasteiger partial charge in [0.05, 0.1) is 11.8 Å². The Bertz CT molecular complexity index is 1210. The number of rotatable bonds is 6. The average Bonchev–Trinajstić information content (AvgIpc) is 3.29. The second kappa shape index (κ2) is 9.00. The number of benzene rings is 2. The normalized spacial score (nSPS) is 10.5. The summed E-state index contributed by atoms with van der Waals surface area (Å²) >= 11 is 0. The summed E-state index contributed by atoms with van der Waals surface area (Å²) < 4.78 is 15.2. The molecule has 31 heavy (non-hydrogen) atoms. The number of para-hydroxylation sites is 1. The highest BCUT2D eigenvalue weighted by Crippen LogP contribution is 2.14. The van der Waals surface area contributed by atoms with Crippen molar-refractivity contribution in [2.45, 2.75) is 6.54 Å². The van der Waals surface area contributed by atoms with Crippen LogP contribution in [-0.4, -0.2) is 26.6 Å². The van der Waals surface area contributed by atoms with Gasteiger partial charge in [0.1, 0.15) is 11.5 Å². The molecule has 0 aliphatic heterocycles. The standard InChI is InChI=1S/C23H18FN5O2/c24-20-3-1-2-4-21(20)29-15-18(14-27-29)22(30)26-13-16-5-7-19(8-6-16)28-23(31)17-9-11-25-12-10-17/h1-12,14-15H,13H2,(H,26,30)(H,28,31). The van der Waals surface area contributed by atoms with Crippen LogP contribution in [0.5, 0.6) is 0 Å². The molecule has 4 rings (SSSR count). The zero-order chi connectivity index (χ0) is 21.6. The summed E-state index contributed by atoms with van der Waals surface area (Å²) in [5.41, 5.74) is 2.61. The Morgan fingerprint density at radius 1 is 0.903 bits per heavy atom. The average molecular weight is 415 g/mol. The van der Waals surface area contributed by atoms with Crippen molar-refractivity contribution in [3.63, 3.8) is 0 Å². The summed E-state index contributed by atoms with van der Waals surface area (Å²) in [6, 6.07) is 16.6. The van der Waals surface area contributed by atoms with E-state index in [1.165, 1.54) is 23.1 Å². The highest BCUT2D eigenvalue weighted by atomic mass is 19.1. The van der Waals surface area contributed by atoms with Gasteiger partial charge in [-0.1, -0.05) is 24.3 Å². The van der Waals surface area contributed by atoms with Crippen molar-refractivity contribution in [2.24, 2.45) is 0 Å². The molecule has 8 heteroatoms. The minimum Gasteiger partial charge on any atom is -0.348 e. The van der Waals surface area contributed by atoms with E-state index in [4.69, 9.17) is 0 Å². The molecular weight excluding hydrogens is 397 g/mol. The second-order valence-corrected chi connectivity index (χ2v) is 6.69. The second-order valence-electron chi connectivity index (χ2n) is 6.69. The molecular formula is C23H18FN5O2. The van der Waals surface area contributed by atoms with E-state index in [0.717, 1.165) is 5.56 Å². The summed E-state index contributed by atoms with van der Waals surface area (Å²) in [5, 5.41) is 9.66. The monoisotopic (exact) mass is 415 g/mol. The first-order valence-corrected chi connectivity index (χ1v) is 9.48. The largest absolute Gasteiger partial charge is 0.348 e. The maximum atomic E-state index is 13.9. The van der Waals surface area contributed by atoms with Gasteiger partial charge in [0, 0.05) is 36.4 Å². The third kappa shape index (κ3) is 4.81. The number of pyridine rings is 1. The van der Waals surface area contributed by atoms with E-state index in [9.17, 15) is 14.0 Å². The van der Waals surface area contributed by atoms with Crippen LogP contribution in [0.15, 0.2) is 85.5 Å². The number of halogens is 1. The molecule has 0 radical (unpaired) electrons. The maximum Gasteiger partial charge on any atom is 0.255 e. The van der Waals surface area contributed by atoms with Gasteiger partial charge in [-0.25, -0.2) is 9.07 Å². The number of anilines is 1. The number of carbonyl (C=O) groups excluding carboxylic acids is 2. The number of hydrogen-bond acceptors (Lipinski definition) is 4. The fourth-order valence-corrected chi connectivity index (χ4v) is 2.91. The fraction of sp³-hybridized carbons (Fsp3) is 0.0435. The van der Waals surface area contributed by atoms with E-state index < -0.39 is 5.82 Å². The smallest absolute Gasteiger partial charge is 0.255 e. The topological polar surface area (TPSA) is 88.9 Å². The van der Waals surface area contributed by atoms with E-state index in [1.807, 2.05) is 12.1 Å². The lowest BCUT2D eigenvalue weighted by Gasteiger charge is -2.07. The van der Waals surface area contributed by atoms with Gasteiger partial charge in [-0.2, -0.15) is 5.10 Å². The summed E-state index contributed by atoms with van der Waals surface area (Å²) in [6.07, 6.45) is 5.98. The Kier molecular flexibility index (Phi) is 5.79. The molecule has 7 nitrogen and oxygen atoms in total. The molecule has 0 aliphatic rings. The number of nitrogens with one attached hydrogen (secondary N) is 2. The van der Waals surface area contributed by atoms with Crippen molar-refractivity contribution >= 4 is 17.5 Å². The highest BCUT2D eigenvalue weighted by molar-refractivity contribution is 6.04. The van der Waals surface area contributed by atoms with E-state index >= 15 is 0 Å². The molecule has 2 aromatic heterocycles. The molecule has 0 bridgehead atoms. The molecule has 0 saturated heterocycles. The first-order valence-electron chi connectivity index (χ1n) is 9.48. The van der Waals surface area contributed by atoms with Crippen LogP contribution < -0.4 is 10.6 Å². The van der Waals surface area contributed by atoms with Crippen LogP contribution in [0.4, 0.5) is 10.1 Å². The molecule has 0 atom stereocenters. The van der Waals surface area contributed by atoms with E-state index in [1.54, 1.807) is 54.9 Å². The predicted molar refractivity (Wildman–Crippen MR) is 113 cm³/mol. The van der Waals surface area contributed by atoms with Gasteiger partial charge in [0.25, 0.3) is 11.8 Å². The molecule has 2 N–H and O–H groups in total. The van der Waals surface area contributed by atoms with Crippen LogP contribution in [-0.2, 0) is 6.54 Å². The molecule has 154 valence electrons. The number of hydrogen-bond donors (Lipinski definition) is 2. The summed E-state index contributed by atoms with van der Waals surface area (Å²) in [4.78, 5) is 28.5. The maximum absolute atomic E-state index is 13.9. The molecule has 2 aromatic carbocycles. The first kappa shape index (κ1) is 20.0. The Labute approximate surface area is 177 Å². The highest BCUT2D eigenvalue weighted by Gasteiger charge is 2.11. The molecule has 0 unspecified atom stereocenters. The molecule has 2 amide bonds. The predicted octanol–water partition coefficient (Wildman–Crippen LogP) is 3.59. The number of amides is 2. The van der Waals surface area contributed by atoms with Crippen LogP contribution in [0, 0.1) is 5.82 Å². The van der Waals surface area contributed by atoms with Gasteiger partial charge in [-0.3, -0.25) is 14.6 Å². The van der Waals surface area contributed by atoms with E-state index in [2.05, 4.69) is 20.7 Å². The number of carbonyl (C=O) groups is 2. The van der Waals surface area contributed by atoms with Crippen LogP contribution in [0.2, 0.25) is 0 Å². The molecule has 0 saturated carbocycles. The van der Waals surface area contributed by atoms with Crippen molar-refractivity contribution in [3.8, 4) is 5.69 Å². The number of nitrogens with zero attached hydrogens (tertiary/aromatic N) is 3. The zero-order valence-corrected chi connectivity index (χ0v) is 16.3. The van der Waals surface area contributed by atoms with Crippen molar-refractivity contribution in [2.75, 3.05) is 5.32 Å². The van der Waals surface area contributed by atoms with Gasteiger partial charge in [-0.15, -0.1) is 0 Å². The fourth-order valence-electron chi connectivity index (χ4n) is 2.91. The Morgan fingerprint density at radius 2 is 1.65 bits per heavy atom. The van der Waals surface area contributed by atoms with Crippen LogP contribution in [0.1, 0.15) is 26.3 Å². The zero-order valence-electron chi connectivity index (χ0n) is 16.3. The van der Waals surface area contributed by atoms with Crippen LogP contribution in [0.3, 0.4) is 0 Å². The summed E-state index contributed by atoms with van der Waals surface area (Å²) in [6.45, 7) is 0.294. The van der Waals surface area contributed by atoms with Crippen LogP contribution >= 0.6 is 0 Å². The molecule has 0 aliphatic carbocycles. The lowest BCUT2D eigenvalue weighted by molar-refractivity contribution is 0.0950. The Morgan fingerprint density at radius 3 is 2.39 bits per heavy atom. The van der Waals surface area contributed by atoms with Gasteiger partial charge in [-0.05, 0) is 42.0 Å². The minimum atomic E-state index is -0.423. The molecule has 2 heterocycles. The minimum absolute atomic E-state index is 0.227. The van der Waals surface area contributed by atoms with Gasteiger partial charge in [0.2, 0.25) is 0 Å². The van der Waals surface area contributed by atoms with E-state index in [0.29, 0.717) is 23.4 Å². The van der Waals surface area contributed by atoms with Crippen molar-refractivity contribution < 1.29 is 14.0 Å². The van der Waals surface area contributed by atoms with Crippen molar-refractivity contribution in [1.82, 2.24) is 20.1 Å². The lowest BCUT2D eigenvalue weighted by atomic mass is 10.2. The summed E-state index contributed by atoms with van der Waals surface area (Å²) in [7, 11) is 0. The van der Waals surface area contributed by atoms with Gasteiger partial charge >= 0.3 is 0 Å². The first-order chi connectivity index (χ1) is 15.1. The Balaban J connectivity index is 1.34. The van der Waals surface area contributed by atoms with Gasteiger partial charge < -0.3 is 10.6 Å². The number of aromatic nitrogens is 3. The molecule has 4 aromatic rings. The van der Waals surface area contributed by atoms with Crippen molar-refractivity contribution in [1.29, 1.82) is 0 Å². The Hall–Kier alpha value is -4.33. The quantitative estimate of drug-likeness (QED) is 0.504. The third-order valence-electron chi connectivity index (χ3n) is 4.55. The SMILES string of the molecule is O=C(NCc1ccc(NC(=O)c2ccncc2)cc1)c1cnn(-c2ccccc2F)c1. The third-order valence-corrected chi connectivity index (χ3v) is 4.55.